The number of thiocarbonyl (C=S) groups is 1. The van der Waals surface area contributed by atoms with Crippen molar-refractivity contribution in [3.8, 4) is 11.8 Å². The highest BCUT2D eigenvalue weighted by molar-refractivity contribution is 7.80. The predicted molar refractivity (Wildman–Crippen MR) is 114 cm³/mol. The summed E-state index contributed by atoms with van der Waals surface area (Å²) in [6.07, 6.45) is 1.36. The first-order valence-corrected chi connectivity index (χ1v) is 9.72. The van der Waals surface area contributed by atoms with Crippen LogP contribution in [0, 0.1) is 11.3 Å². The smallest absolute Gasteiger partial charge is 0.257 e. The molecule has 0 fully saturated rings. The largest absolute Gasteiger partial charge is 0.491 e. The van der Waals surface area contributed by atoms with Crippen LogP contribution in [0.4, 0.5) is 0 Å². The van der Waals surface area contributed by atoms with Crippen molar-refractivity contribution in [3.63, 3.8) is 0 Å². The minimum atomic E-state index is -0.282. The maximum atomic E-state index is 12.5. The summed E-state index contributed by atoms with van der Waals surface area (Å²) in [5, 5.41) is 12.0. The van der Waals surface area contributed by atoms with Crippen LogP contribution in [0.2, 0.25) is 0 Å². The zero-order valence-corrected chi connectivity index (χ0v) is 17.0. The molecular formula is C22H25N3O2S. The summed E-state index contributed by atoms with van der Waals surface area (Å²) in [4.78, 5) is 14.4. The van der Waals surface area contributed by atoms with E-state index in [0.29, 0.717) is 30.2 Å². The molecule has 0 radical (unpaired) electrons. The zero-order valence-electron chi connectivity index (χ0n) is 16.2. The van der Waals surface area contributed by atoms with E-state index in [4.69, 9.17) is 22.2 Å². The Hall–Kier alpha value is -2.91. The molecule has 2 aromatic rings. The predicted octanol–water partition coefficient (Wildman–Crippen LogP) is 4.29. The SMILES string of the molecule is CCC(C)Oc1ccc(C(=O)NC(=S)N(CCC#N)Cc2ccccc2)cc1. The van der Waals surface area contributed by atoms with Gasteiger partial charge in [0, 0.05) is 18.7 Å². The number of benzene rings is 2. The van der Waals surface area contributed by atoms with E-state index >= 15 is 0 Å². The first-order chi connectivity index (χ1) is 13.5. The van der Waals surface area contributed by atoms with Gasteiger partial charge >= 0.3 is 0 Å². The fourth-order valence-electron chi connectivity index (χ4n) is 2.49. The molecule has 0 spiro atoms. The monoisotopic (exact) mass is 395 g/mol. The highest BCUT2D eigenvalue weighted by Crippen LogP contribution is 2.15. The third kappa shape index (κ3) is 6.67. The van der Waals surface area contributed by atoms with Gasteiger partial charge in [-0.05, 0) is 55.4 Å². The Kier molecular flexibility index (Phi) is 8.44. The van der Waals surface area contributed by atoms with E-state index in [1.807, 2.05) is 42.2 Å². The number of rotatable bonds is 8. The number of carbonyl (C=O) groups is 1. The molecule has 0 aromatic heterocycles. The standard InChI is InChI=1S/C22H25N3O2S/c1-3-17(2)27-20-12-10-19(11-13-20)21(26)24-22(28)25(15-7-14-23)16-18-8-5-4-6-9-18/h4-6,8-13,17H,3,7,15-16H2,1-2H3,(H,24,26,28). The normalized spacial score (nSPS) is 11.2. The highest BCUT2D eigenvalue weighted by Gasteiger charge is 2.14. The van der Waals surface area contributed by atoms with Gasteiger partial charge in [0.2, 0.25) is 0 Å². The molecular weight excluding hydrogens is 370 g/mol. The summed E-state index contributed by atoms with van der Waals surface area (Å²) < 4.78 is 5.73. The van der Waals surface area contributed by atoms with Crippen molar-refractivity contribution >= 4 is 23.2 Å². The lowest BCUT2D eigenvalue weighted by Crippen LogP contribution is -2.42. The second kappa shape index (κ2) is 11.1. The van der Waals surface area contributed by atoms with Gasteiger partial charge in [-0.2, -0.15) is 5.26 Å². The second-order valence-corrected chi connectivity index (χ2v) is 6.82. The van der Waals surface area contributed by atoms with Crippen LogP contribution < -0.4 is 10.1 Å². The maximum Gasteiger partial charge on any atom is 0.257 e. The molecule has 5 nitrogen and oxygen atoms in total. The van der Waals surface area contributed by atoms with Crippen molar-refractivity contribution in [1.29, 1.82) is 5.26 Å². The third-order valence-corrected chi connectivity index (χ3v) is 4.61. The second-order valence-electron chi connectivity index (χ2n) is 6.44. The van der Waals surface area contributed by atoms with Gasteiger partial charge in [-0.15, -0.1) is 0 Å². The van der Waals surface area contributed by atoms with Crippen LogP contribution in [-0.2, 0) is 6.54 Å². The van der Waals surface area contributed by atoms with E-state index in [2.05, 4.69) is 18.3 Å². The molecule has 6 heteroatoms. The quantitative estimate of drug-likeness (QED) is 0.675. The number of amides is 1. The lowest BCUT2D eigenvalue weighted by molar-refractivity contribution is 0.0973. The summed E-state index contributed by atoms with van der Waals surface area (Å²) in [7, 11) is 0. The lowest BCUT2D eigenvalue weighted by Gasteiger charge is -2.24. The van der Waals surface area contributed by atoms with Crippen LogP contribution in [0.5, 0.6) is 5.75 Å². The van der Waals surface area contributed by atoms with Gasteiger partial charge in [-0.3, -0.25) is 10.1 Å². The summed E-state index contributed by atoms with van der Waals surface area (Å²) >= 11 is 5.42. The Labute approximate surface area is 171 Å². The molecule has 0 aliphatic heterocycles. The molecule has 2 rings (SSSR count). The number of carbonyl (C=O) groups excluding carboxylic acids is 1. The number of hydrogen-bond acceptors (Lipinski definition) is 4. The van der Waals surface area contributed by atoms with E-state index in [1.165, 1.54) is 0 Å². The van der Waals surface area contributed by atoms with Crippen LogP contribution in [-0.4, -0.2) is 28.6 Å². The molecule has 0 saturated carbocycles. The zero-order chi connectivity index (χ0) is 20.4. The van der Waals surface area contributed by atoms with Crippen molar-refractivity contribution in [1.82, 2.24) is 10.2 Å². The molecule has 0 saturated heterocycles. The topological polar surface area (TPSA) is 65.4 Å². The molecule has 0 heterocycles. The Bertz CT molecular complexity index is 816. The minimum absolute atomic E-state index is 0.124. The molecule has 28 heavy (non-hydrogen) atoms. The number of ether oxygens (including phenoxy) is 1. The lowest BCUT2D eigenvalue weighted by atomic mass is 10.2. The van der Waals surface area contributed by atoms with E-state index in [0.717, 1.165) is 17.7 Å². The summed E-state index contributed by atoms with van der Waals surface area (Å²) in [5.74, 6) is 0.448. The Morgan fingerprint density at radius 1 is 1.21 bits per heavy atom. The molecule has 0 bridgehead atoms. The van der Waals surface area contributed by atoms with Gasteiger partial charge < -0.3 is 9.64 Å². The van der Waals surface area contributed by atoms with Crippen molar-refractivity contribution in [2.45, 2.75) is 39.3 Å². The van der Waals surface area contributed by atoms with Crippen LogP contribution in [0.25, 0.3) is 0 Å². The van der Waals surface area contributed by atoms with Crippen LogP contribution in [0.1, 0.15) is 42.6 Å². The summed E-state index contributed by atoms with van der Waals surface area (Å²) in [5.41, 5.74) is 1.56. The van der Waals surface area contributed by atoms with Crippen molar-refractivity contribution in [2.24, 2.45) is 0 Å². The van der Waals surface area contributed by atoms with Crippen molar-refractivity contribution in [3.05, 3.63) is 65.7 Å². The Morgan fingerprint density at radius 2 is 1.89 bits per heavy atom. The molecule has 0 aliphatic carbocycles. The van der Waals surface area contributed by atoms with Gasteiger partial charge in [0.15, 0.2) is 5.11 Å². The highest BCUT2D eigenvalue weighted by atomic mass is 32.1. The van der Waals surface area contributed by atoms with E-state index in [1.54, 1.807) is 24.3 Å². The molecule has 146 valence electrons. The molecule has 1 amide bonds. The van der Waals surface area contributed by atoms with Crippen molar-refractivity contribution < 1.29 is 9.53 Å². The van der Waals surface area contributed by atoms with E-state index < -0.39 is 0 Å². The van der Waals surface area contributed by atoms with Crippen LogP contribution >= 0.6 is 12.2 Å². The first-order valence-electron chi connectivity index (χ1n) is 9.31. The van der Waals surface area contributed by atoms with Crippen molar-refractivity contribution in [2.75, 3.05) is 6.54 Å². The van der Waals surface area contributed by atoms with Crippen LogP contribution in [0.15, 0.2) is 54.6 Å². The van der Waals surface area contributed by atoms with Gasteiger partial charge in [-0.25, -0.2) is 0 Å². The number of nitrogens with zero attached hydrogens (tertiary/aromatic N) is 2. The molecule has 0 aliphatic rings. The number of hydrogen-bond donors (Lipinski definition) is 1. The van der Waals surface area contributed by atoms with Crippen LogP contribution in [0.3, 0.4) is 0 Å². The molecule has 2 aromatic carbocycles. The maximum absolute atomic E-state index is 12.5. The molecule has 1 atom stereocenters. The Balaban J connectivity index is 2.01. The van der Waals surface area contributed by atoms with E-state index in [9.17, 15) is 4.79 Å². The van der Waals surface area contributed by atoms with E-state index in [-0.39, 0.29) is 12.0 Å². The fraction of sp³-hybridized carbons (Fsp3) is 0.318. The van der Waals surface area contributed by atoms with Gasteiger partial charge in [0.05, 0.1) is 18.6 Å². The average Bonchev–Trinajstić information content (AvgIpc) is 2.72. The summed E-state index contributed by atoms with van der Waals surface area (Å²) in [6.45, 7) is 5.04. The van der Waals surface area contributed by atoms with Gasteiger partial charge in [-0.1, -0.05) is 37.3 Å². The Morgan fingerprint density at radius 3 is 2.50 bits per heavy atom. The third-order valence-electron chi connectivity index (χ3n) is 4.25. The fourth-order valence-corrected chi connectivity index (χ4v) is 2.74. The average molecular weight is 396 g/mol. The van der Waals surface area contributed by atoms with Gasteiger partial charge in [0.25, 0.3) is 5.91 Å². The number of nitriles is 1. The first kappa shape index (κ1) is 21.4. The minimum Gasteiger partial charge on any atom is -0.491 e. The summed E-state index contributed by atoms with van der Waals surface area (Å²) in [6, 6.07) is 18.9. The molecule has 1 unspecified atom stereocenters. The number of nitrogens with one attached hydrogen (secondary N) is 1. The van der Waals surface area contributed by atoms with Gasteiger partial charge in [0.1, 0.15) is 5.75 Å². The molecule has 1 N–H and O–H groups in total.